The van der Waals surface area contributed by atoms with E-state index < -0.39 is 11.5 Å². The number of carbonyl (C=O) groups is 3. The van der Waals surface area contributed by atoms with Crippen LogP contribution in [0.1, 0.15) is 45.1 Å². The number of carbonyl (C=O) groups excluding carboxylic acids is 3. The number of hydrogen-bond acceptors (Lipinski definition) is 6. The van der Waals surface area contributed by atoms with Crippen LogP contribution in [0.3, 0.4) is 0 Å². The lowest BCUT2D eigenvalue weighted by atomic mass is 9.75. The molecule has 0 fully saturated rings. The van der Waals surface area contributed by atoms with Gasteiger partial charge in [-0.25, -0.2) is 0 Å². The van der Waals surface area contributed by atoms with Crippen molar-refractivity contribution in [1.82, 2.24) is 5.32 Å². The molecule has 0 saturated carbocycles. The molecule has 0 amide bonds. The number of esters is 2. The van der Waals surface area contributed by atoms with E-state index in [1.165, 1.54) is 0 Å². The van der Waals surface area contributed by atoms with Gasteiger partial charge in [0, 0.05) is 12.8 Å². The Balaban J connectivity index is 1.78. The van der Waals surface area contributed by atoms with E-state index in [0.717, 1.165) is 5.56 Å². The highest BCUT2D eigenvalue weighted by atomic mass is 16.5. The van der Waals surface area contributed by atoms with Crippen molar-refractivity contribution in [3.05, 3.63) is 48.0 Å². The van der Waals surface area contributed by atoms with Crippen LogP contribution in [0.15, 0.2) is 42.5 Å². The Labute approximate surface area is 166 Å². The molecule has 0 spiro atoms. The Morgan fingerprint density at radius 1 is 1.21 bits per heavy atom. The van der Waals surface area contributed by atoms with Crippen molar-refractivity contribution >= 4 is 17.7 Å². The molecule has 6 heteroatoms. The first-order valence-corrected chi connectivity index (χ1v) is 9.77. The number of allylic oxidation sites excluding steroid dienone is 1. The number of ether oxygens (including phenoxy) is 2. The van der Waals surface area contributed by atoms with Gasteiger partial charge in [-0.1, -0.05) is 42.5 Å². The summed E-state index contributed by atoms with van der Waals surface area (Å²) < 4.78 is 10.5. The number of ketones is 1. The van der Waals surface area contributed by atoms with E-state index in [9.17, 15) is 14.4 Å². The molecule has 1 aliphatic rings. The van der Waals surface area contributed by atoms with Crippen LogP contribution < -0.4 is 5.32 Å². The molecule has 152 valence electrons. The smallest absolute Gasteiger partial charge is 0.323 e. The van der Waals surface area contributed by atoms with Gasteiger partial charge in [-0.3, -0.25) is 14.4 Å². The molecule has 28 heavy (non-hydrogen) atoms. The summed E-state index contributed by atoms with van der Waals surface area (Å²) in [6, 6.07) is 9.06. The van der Waals surface area contributed by atoms with Crippen LogP contribution in [0.5, 0.6) is 0 Å². The van der Waals surface area contributed by atoms with Gasteiger partial charge in [-0.05, 0) is 38.8 Å². The van der Waals surface area contributed by atoms with Crippen molar-refractivity contribution in [2.24, 2.45) is 5.41 Å². The van der Waals surface area contributed by atoms with Gasteiger partial charge >= 0.3 is 11.9 Å². The summed E-state index contributed by atoms with van der Waals surface area (Å²) >= 11 is 0. The lowest BCUT2D eigenvalue weighted by Gasteiger charge is -2.30. The van der Waals surface area contributed by atoms with Gasteiger partial charge in [0.05, 0.1) is 12.0 Å². The van der Waals surface area contributed by atoms with Gasteiger partial charge in [0.15, 0.2) is 0 Å². The fraction of sp³-hybridized carbons (Fsp3) is 0.500. The fourth-order valence-corrected chi connectivity index (χ4v) is 3.25. The van der Waals surface area contributed by atoms with Crippen LogP contribution in [0.2, 0.25) is 0 Å². The minimum atomic E-state index is -0.885. The molecule has 0 radical (unpaired) electrons. The molecule has 0 aromatic heterocycles. The highest BCUT2D eigenvalue weighted by Gasteiger charge is 2.40. The summed E-state index contributed by atoms with van der Waals surface area (Å²) in [5, 5.41) is 3.12. The van der Waals surface area contributed by atoms with E-state index in [1.54, 1.807) is 19.9 Å². The first-order chi connectivity index (χ1) is 13.5. The van der Waals surface area contributed by atoms with Crippen LogP contribution in [-0.4, -0.2) is 36.9 Å². The van der Waals surface area contributed by atoms with E-state index in [-0.39, 0.29) is 37.4 Å². The zero-order chi connectivity index (χ0) is 20.4. The summed E-state index contributed by atoms with van der Waals surface area (Å²) in [4.78, 5) is 36.4. The van der Waals surface area contributed by atoms with Crippen LogP contribution in [0.4, 0.5) is 0 Å². The third-order valence-corrected chi connectivity index (χ3v) is 4.80. The van der Waals surface area contributed by atoms with E-state index in [0.29, 0.717) is 25.8 Å². The number of nitrogens with one attached hydrogen (secondary N) is 1. The largest absolute Gasteiger partial charge is 0.465 e. The normalized spacial score (nSPS) is 19.9. The molecule has 0 aliphatic heterocycles. The summed E-state index contributed by atoms with van der Waals surface area (Å²) in [5.74, 6) is -0.632. The Bertz CT molecular complexity index is 700. The second-order valence-corrected chi connectivity index (χ2v) is 7.07. The SMILES string of the molecule is CCOC(=O)[C@]1(CCCN[C@@H](C)C(=O)OCc2ccccc2)C=CCC(=O)C1. The minimum absolute atomic E-state index is 0.0429. The van der Waals surface area contributed by atoms with Crippen molar-refractivity contribution < 1.29 is 23.9 Å². The maximum Gasteiger partial charge on any atom is 0.323 e. The van der Waals surface area contributed by atoms with Gasteiger partial charge in [0.2, 0.25) is 0 Å². The molecule has 0 bridgehead atoms. The van der Waals surface area contributed by atoms with Crippen molar-refractivity contribution in [2.75, 3.05) is 13.2 Å². The van der Waals surface area contributed by atoms with Crippen molar-refractivity contribution in [3.63, 3.8) is 0 Å². The highest BCUT2D eigenvalue weighted by Crippen LogP contribution is 2.35. The number of Topliss-reactive ketones (excluding diaryl/α,β-unsaturated/α-hetero) is 1. The summed E-state index contributed by atoms with van der Waals surface area (Å²) in [5.41, 5.74) is 0.0533. The van der Waals surface area contributed by atoms with Crippen molar-refractivity contribution in [3.8, 4) is 0 Å². The molecule has 2 atom stereocenters. The quantitative estimate of drug-likeness (QED) is 0.378. The first-order valence-electron chi connectivity index (χ1n) is 9.77. The zero-order valence-corrected chi connectivity index (χ0v) is 16.6. The molecule has 1 aliphatic carbocycles. The Morgan fingerprint density at radius 2 is 1.96 bits per heavy atom. The predicted molar refractivity (Wildman–Crippen MR) is 105 cm³/mol. The number of hydrogen-bond donors (Lipinski definition) is 1. The van der Waals surface area contributed by atoms with E-state index in [4.69, 9.17) is 9.47 Å². The van der Waals surface area contributed by atoms with Crippen LogP contribution in [0.25, 0.3) is 0 Å². The molecule has 2 rings (SSSR count). The van der Waals surface area contributed by atoms with Crippen molar-refractivity contribution in [1.29, 1.82) is 0 Å². The average molecular weight is 387 g/mol. The van der Waals surface area contributed by atoms with E-state index in [2.05, 4.69) is 5.32 Å². The molecule has 0 heterocycles. The van der Waals surface area contributed by atoms with Crippen molar-refractivity contribution in [2.45, 2.75) is 52.2 Å². The van der Waals surface area contributed by atoms with E-state index >= 15 is 0 Å². The predicted octanol–water partition coefficient (Wildman–Crippen LogP) is 2.96. The summed E-state index contributed by atoms with van der Waals surface area (Å²) in [6.07, 6.45) is 5.23. The van der Waals surface area contributed by atoms with E-state index in [1.807, 2.05) is 36.4 Å². The molecular weight excluding hydrogens is 358 g/mol. The van der Waals surface area contributed by atoms with Crippen LogP contribution in [-0.2, 0) is 30.5 Å². The highest BCUT2D eigenvalue weighted by molar-refractivity contribution is 5.91. The monoisotopic (exact) mass is 387 g/mol. The minimum Gasteiger partial charge on any atom is -0.465 e. The topological polar surface area (TPSA) is 81.7 Å². The second kappa shape index (κ2) is 10.8. The number of rotatable bonds is 10. The molecule has 1 aromatic carbocycles. The van der Waals surface area contributed by atoms with Crippen LogP contribution in [0, 0.1) is 5.41 Å². The Kier molecular flexibility index (Phi) is 8.39. The second-order valence-electron chi connectivity index (χ2n) is 7.07. The first kappa shape index (κ1) is 21.8. The molecule has 1 aromatic rings. The molecule has 0 unspecified atom stereocenters. The standard InChI is InChI=1S/C22H29NO5/c1-3-27-21(26)22(12-7-11-19(24)15-22)13-8-14-23-17(2)20(25)28-16-18-9-5-4-6-10-18/h4-7,9-10,12,17,23H,3,8,11,13-16H2,1-2H3/t17-,22-/m0/s1. The Hall–Kier alpha value is -2.47. The third-order valence-electron chi connectivity index (χ3n) is 4.80. The molecule has 0 saturated heterocycles. The summed E-state index contributed by atoms with van der Waals surface area (Å²) in [6.45, 7) is 4.56. The van der Waals surface area contributed by atoms with Gasteiger partial charge < -0.3 is 14.8 Å². The molecule has 1 N–H and O–H groups in total. The molecular formula is C22H29NO5. The fourth-order valence-electron chi connectivity index (χ4n) is 3.25. The third kappa shape index (κ3) is 6.30. The summed E-state index contributed by atoms with van der Waals surface area (Å²) in [7, 11) is 0. The lowest BCUT2D eigenvalue weighted by molar-refractivity contribution is -0.155. The van der Waals surface area contributed by atoms with Gasteiger partial charge in [-0.2, -0.15) is 0 Å². The zero-order valence-electron chi connectivity index (χ0n) is 16.6. The van der Waals surface area contributed by atoms with Gasteiger partial charge in [0.25, 0.3) is 0 Å². The van der Waals surface area contributed by atoms with Gasteiger partial charge in [-0.15, -0.1) is 0 Å². The molecule has 6 nitrogen and oxygen atoms in total. The number of benzene rings is 1. The Morgan fingerprint density at radius 3 is 2.64 bits per heavy atom. The maximum atomic E-state index is 12.4. The lowest BCUT2D eigenvalue weighted by Crippen LogP contribution is -2.38. The average Bonchev–Trinajstić information content (AvgIpc) is 2.70. The van der Waals surface area contributed by atoms with Gasteiger partial charge in [0.1, 0.15) is 18.4 Å². The van der Waals surface area contributed by atoms with Crippen LogP contribution >= 0.6 is 0 Å². The maximum absolute atomic E-state index is 12.4.